The van der Waals surface area contributed by atoms with E-state index in [-0.39, 0.29) is 12.4 Å². The van der Waals surface area contributed by atoms with Gasteiger partial charge < -0.3 is 9.47 Å². The van der Waals surface area contributed by atoms with Crippen molar-refractivity contribution in [2.24, 2.45) is 0 Å². The van der Waals surface area contributed by atoms with Crippen molar-refractivity contribution < 1.29 is 14.3 Å². The lowest BCUT2D eigenvalue weighted by Crippen LogP contribution is -2.08. The molecule has 0 amide bonds. The van der Waals surface area contributed by atoms with Gasteiger partial charge in [0.1, 0.15) is 5.75 Å². The van der Waals surface area contributed by atoms with Gasteiger partial charge in [0.05, 0.1) is 25.2 Å². The molecule has 1 aromatic carbocycles. The molecule has 0 aliphatic carbocycles. The molecular formula is C12H15ClO3. The zero-order chi connectivity index (χ0) is 12.1. The Bertz CT molecular complexity index is 388. The largest absolute Gasteiger partial charge is 0.495 e. The second-order valence-corrected chi connectivity index (χ2v) is 3.73. The highest BCUT2D eigenvalue weighted by molar-refractivity contribution is 6.32. The van der Waals surface area contributed by atoms with Crippen molar-refractivity contribution in [2.75, 3.05) is 13.7 Å². The fraction of sp³-hybridized carbons (Fsp3) is 0.417. The van der Waals surface area contributed by atoms with Crippen LogP contribution in [0.25, 0.3) is 0 Å². The average Bonchev–Trinajstić information content (AvgIpc) is 2.25. The second kappa shape index (κ2) is 5.75. The summed E-state index contributed by atoms with van der Waals surface area (Å²) in [5.41, 5.74) is 1.72. The summed E-state index contributed by atoms with van der Waals surface area (Å²) in [4.78, 5) is 11.3. The van der Waals surface area contributed by atoms with Crippen LogP contribution in [-0.4, -0.2) is 19.7 Å². The molecule has 1 rings (SSSR count). The molecule has 4 heteroatoms. The van der Waals surface area contributed by atoms with Gasteiger partial charge in [-0.05, 0) is 31.0 Å². The number of hydrogen-bond acceptors (Lipinski definition) is 3. The van der Waals surface area contributed by atoms with Crippen LogP contribution in [0.1, 0.15) is 18.1 Å². The van der Waals surface area contributed by atoms with Crippen LogP contribution in [0.5, 0.6) is 5.75 Å². The third-order valence-electron chi connectivity index (χ3n) is 2.32. The Morgan fingerprint density at radius 1 is 1.44 bits per heavy atom. The van der Waals surface area contributed by atoms with Gasteiger partial charge in [-0.1, -0.05) is 17.7 Å². The number of esters is 1. The van der Waals surface area contributed by atoms with Crippen LogP contribution in [0.15, 0.2) is 12.1 Å². The summed E-state index contributed by atoms with van der Waals surface area (Å²) in [7, 11) is 1.56. The Morgan fingerprint density at radius 2 is 2.12 bits per heavy atom. The first kappa shape index (κ1) is 12.8. The van der Waals surface area contributed by atoms with Crippen molar-refractivity contribution in [3.05, 3.63) is 28.3 Å². The Kier molecular flexibility index (Phi) is 4.62. The highest BCUT2D eigenvalue weighted by Gasteiger charge is 2.11. The molecule has 0 spiro atoms. The average molecular weight is 243 g/mol. The lowest BCUT2D eigenvalue weighted by molar-refractivity contribution is -0.142. The number of ether oxygens (including phenoxy) is 2. The fourth-order valence-electron chi connectivity index (χ4n) is 1.42. The van der Waals surface area contributed by atoms with E-state index in [0.29, 0.717) is 17.4 Å². The lowest BCUT2D eigenvalue weighted by atomic mass is 10.1. The number of carbonyl (C=O) groups is 1. The van der Waals surface area contributed by atoms with E-state index in [1.807, 2.05) is 13.0 Å². The molecule has 3 nitrogen and oxygen atoms in total. The number of rotatable bonds is 4. The number of halogens is 1. The minimum Gasteiger partial charge on any atom is -0.495 e. The van der Waals surface area contributed by atoms with Gasteiger partial charge in [-0.3, -0.25) is 4.79 Å². The molecule has 88 valence electrons. The Labute approximate surface area is 100 Å². The van der Waals surface area contributed by atoms with Gasteiger partial charge in [-0.25, -0.2) is 0 Å². The number of benzene rings is 1. The number of methoxy groups -OCH3 is 1. The predicted molar refractivity (Wildman–Crippen MR) is 63.1 cm³/mol. The highest BCUT2D eigenvalue weighted by Crippen LogP contribution is 2.30. The van der Waals surface area contributed by atoms with Crippen LogP contribution < -0.4 is 4.74 Å². The topological polar surface area (TPSA) is 35.5 Å². The molecule has 0 heterocycles. The molecule has 0 radical (unpaired) electrons. The van der Waals surface area contributed by atoms with E-state index >= 15 is 0 Å². The summed E-state index contributed by atoms with van der Waals surface area (Å²) < 4.78 is 9.97. The number of carbonyl (C=O) groups excluding carboxylic acids is 1. The summed E-state index contributed by atoms with van der Waals surface area (Å²) in [6.07, 6.45) is 0.239. The molecule has 0 saturated carbocycles. The van der Waals surface area contributed by atoms with E-state index in [4.69, 9.17) is 21.1 Å². The highest BCUT2D eigenvalue weighted by atomic mass is 35.5. The van der Waals surface area contributed by atoms with Gasteiger partial charge in [0.15, 0.2) is 0 Å². The van der Waals surface area contributed by atoms with Crippen LogP contribution in [0.3, 0.4) is 0 Å². The molecular weight excluding hydrogens is 228 g/mol. The van der Waals surface area contributed by atoms with E-state index in [9.17, 15) is 4.79 Å². The second-order valence-electron chi connectivity index (χ2n) is 3.35. The number of hydrogen-bond donors (Lipinski definition) is 0. The van der Waals surface area contributed by atoms with Crippen LogP contribution in [0.4, 0.5) is 0 Å². The van der Waals surface area contributed by atoms with Crippen LogP contribution >= 0.6 is 11.6 Å². The van der Waals surface area contributed by atoms with Crippen molar-refractivity contribution in [1.29, 1.82) is 0 Å². The molecule has 0 saturated heterocycles. The van der Waals surface area contributed by atoms with E-state index in [2.05, 4.69) is 0 Å². The predicted octanol–water partition coefficient (Wildman–Crippen LogP) is 2.76. The third-order valence-corrected chi connectivity index (χ3v) is 2.79. The van der Waals surface area contributed by atoms with Gasteiger partial charge in [0.2, 0.25) is 0 Å². The smallest absolute Gasteiger partial charge is 0.310 e. The van der Waals surface area contributed by atoms with E-state index in [0.717, 1.165) is 11.1 Å². The summed E-state index contributed by atoms with van der Waals surface area (Å²) in [6, 6.07) is 3.58. The maximum Gasteiger partial charge on any atom is 0.310 e. The van der Waals surface area contributed by atoms with Crippen LogP contribution in [-0.2, 0) is 16.0 Å². The zero-order valence-electron chi connectivity index (χ0n) is 9.67. The third kappa shape index (κ3) is 2.89. The van der Waals surface area contributed by atoms with E-state index in [1.54, 1.807) is 20.1 Å². The maximum absolute atomic E-state index is 11.3. The molecule has 0 N–H and O–H groups in total. The van der Waals surface area contributed by atoms with Crippen LogP contribution in [0, 0.1) is 6.92 Å². The van der Waals surface area contributed by atoms with Crippen molar-refractivity contribution in [3.8, 4) is 5.75 Å². The Balaban J connectivity index is 2.90. The van der Waals surface area contributed by atoms with Gasteiger partial charge in [0.25, 0.3) is 0 Å². The minimum atomic E-state index is -0.244. The van der Waals surface area contributed by atoms with Gasteiger partial charge in [0, 0.05) is 0 Å². The molecule has 0 aliphatic rings. The Morgan fingerprint density at radius 3 is 2.69 bits per heavy atom. The normalized spacial score (nSPS) is 10.0. The molecule has 16 heavy (non-hydrogen) atoms. The molecule has 0 fully saturated rings. The molecule has 0 unspecified atom stereocenters. The van der Waals surface area contributed by atoms with Crippen molar-refractivity contribution >= 4 is 17.6 Å². The fourth-order valence-corrected chi connectivity index (χ4v) is 1.68. The lowest BCUT2D eigenvalue weighted by Gasteiger charge is -2.10. The van der Waals surface area contributed by atoms with E-state index in [1.165, 1.54) is 0 Å². The van der Waals surface area contributed by atoms with Crippen molar-refractivity contribution in [2.45, 2.75) is 20.3 Å². The van der Waals surface area contributed by atoms with Crippen LogP contribution in [0.2, 0.25) is 5.02 Å². The minimum absolute atomic E-state index is 0.239. The quantitative estimate of drug-likeness (QED) is 0.762. The molecule has 0 aliphatic heterocycles. The first-order valence-electron chi connectivity index (χ1n) is 5.07. The van der Waals surface area contributed by atoms with Crippen molar-refractivity contribution in [1.82, 2.24) is 0 Å². The van der Waals surface area contributed by atoms with Gasteiger partial charge >= 0.3 is 5.97 Å². The first-order valence-corrected chi connectivity index (χ1v) is 5.45. The Hall–Kier alpha value is -1.22. The molecule has 0 bridgehead atoms. The summed E-state index contributed by atoms with van der Waals surface area (Å²) in [5, 5.41) is 0.546. The SMILES string of the molecule is CCOC(=O)Cc1ccc(OC)c(Cl)c1C. The van der Waals surface area contributed by atoms with Gasteiger partial charge in [-0.15, -0.1) is 0 Å². The molecule has 0 aromatic heterocycles. The standard InChI is InChI=1S/C12H15ClO3/c1-4-16-11(14)7-9-5-6-10(15-3)12(13)8(9)2/h5-6H,4,7H2,1-3H3. The first-order chi connectivity index (χ1) is 7.60. The van der Waals surface area contributed by atoms with Crippen molar-refractivity contribution in [3.63, 3.8) is 0 Å². The zero-order valence-corrected chi connectivity index (χ0v) is 10.4. The monoisotopic (exact) mass is 242 g/mol. The molecule has 1 aromatic rings. The summed E-state index contributed by atoms with van der Waals surface area (Å²) in [6.45, 7) is 4.03. The van der Waals surface area contributed by atoms with Gasteiger partial charge in [-0.2, -0.15) is 0 Å². The maximum atomic E-state index is 11.3. The summed E-state index contributed by atoms with van der Waals surface area (Å²) in [5.74, 6) is 0.374. The summed E-state index contributed by atoms with van der Waals surface area (Å²) >= 11 is 6.08. The molecule has 0 atom stereocenters. The van der Waals surface area contributed by atoms with E-state index < -0.39 is 0 Å².